The summed E-state index contributed by atoms with van der Waals surface area (Å²) in [5, 5.41) is 0.905. The molecule has 0 N–H and O–H groups in total. The largest absolute Gasteiger partial charge is 0.573 e. The zero-order chi connectivity index (χ0) is 12.7. The van der Waals surface area contributed by atoms with Gasteiger partial charge in [0.05, 0.1) is 0 Å². The van der Waals surface area contributed by atoms with Gasteiger partial charge in [-0.3, -0.25) is 0 Å². The Hall–Kier alpha value is -0.970. The van der Waals surface area contributed by atoms with Crippen molar-refractivity contribution in [2.24, 2.45) is 0 Å². The van der Waals surface area contributed by atoms with Gasteiger partial charge in [0.1, 0.15) is 5.75 Å². The molecule has 94 valence electrons. The third-order valence-electron chi connectivity index (χ3n) is 1.95. The van der Waals surface area contributed by atoms with Crippen LogP contribution in [-0.2, 0) is 6.42 Å². The van der Waals surface area contributed by atoms with Crippen molar-refractivity contribution < 1.29 is 17.9 Å². The quantitative estimate of drug-likeness (QED) is 0.576. The molecule has 0 aliphatic carbocycles. The van der Waals surface area contributed by atoms with Gasteiger partial charge >= 0.3 is 6.36 Å². The number of rotatable bonds is 5. The maximum absolute atomic E-state index is 11.9. The first-order valence-electron chi connectivity index (χ1n) is 5.07. The molecule has 0 saturated heterocycles. The molecule has 0 aliphatic heterocycles. The van der Waals surface area contributed by atoms with E-state index in [0.717, 1.165) is 17.3 Å². The van der Waals surface area contributed by atoms with Crippen molar-refractivity contribution in [2.75, 3.05) is 5.33 Å². The summed E-state index contributed by atoms with van der Waals surface area (Å²) in [5.74, 6) is -0.189. The highest BCUT2D eigenvalue weighted by Gasteiger charge is 2.30. The van der Waals surface area contributed by atoms with E-state index in [2.05, 4.69) is 20.7 Å². The Balaban J connectivity index is 2.50. The van der Waals surface area contributed by atoms with E-state index in [9.17, 15) is 13.2 Å². The van der Waals surface area contributed by atoms with E-state index in [4.69, 9.17) is 0 Å². The molecule has 0 aromatic heterocycles. The molecule has 0 bridgehead atoms. The van der Waals surface area contributed by atoms with Gasteiger partial charge in [-0.1, -0.05) is 40.2 Å². The summed E-state index contributed by atoms with van der Waals surface area (Å²) in [6.45, 7) is 0. The van der Waals surface area contributed by atoms with Crippen LogP contribution in [0.1, 0.15) is 12.0 Å². The highest BCUT2D eigenvalue weighted by atomic mass is 79.9. The van der Waals surface area contributed by atoms with E-state index in [1.807, 2.05) is 12.2 Å². The number of alkyl halides is 4. The van der Waals surface area contributed by atoms with Crippen LogP contribution in [0, 0.1) is 0 Å². The van der Waals surface area contributed by atoms with Crippen LogP contribution in [0.5, 0.6) is 5.75 Å². The molecule has 1 aromatic carbocycles. The number of hydrogen-bond donors (Lipinski definition) is 0. The van der Waals surface area contributed by atoms with Crippen LogP contribution >= 0.6 is 15.9 Å². The topological polar surface area (TPSA) is 9.23 Å². The molecule has 0 amide bonds. The van der Waals surface area contributed by atoms with Crippen LogP contribution in [0.4, 0.5) is 13.2 Å². The highest BCUT2D eigenvalue weighted by Crippen LogP contribution is 2.22. The molecular formula is C12H12BrF3O. The smallest absolute Gasteiger partial charge is 0.406 e. The Bertz CT molecular complexity index is 357. The van der Waals surface area contributed by atoms with Crippen molar-refractivity contribution in [3.63, 3.8) is 0 Å². The Labute approximate surface area is 106 Å². The molecule has 0 aliphatic rings. The zero-order valence-electron chi connectivity index (χ0n) is 9.01. The Morgan fingerprint density at radius 2 is 1.76 bits per heavy atom. The van der Waals surface area contributed by atoms with Crippen LogP contribution < -0.4 is 4.74 Å². The predicted molar refractivity (Wildman–Crippen MR) is 64.4 cm³/mol. The van der Waals surface area contributed by atoms with Gasteiger partial charge < -0.3 is 4.74 Å². The summed E-state index contributed by atoms with van der Waals surface area (Å²) < 4.78 is 39.4. The van der Waals surface area contributed by atoms with Gasteiger partial charge in [-0.05, 0) is 30.5 Å². The number of benzene rings is 1. The van der Waals surface area contributed by atoms with Gasteiger partial charge in [0.2, 0.25) is 0 Å². The average molecular weight is 309 g/mol. The van der Waals surface area contributed by atoms with Crippen molar-refractivity contribution in [1.29, 1.82) is 0 Å². The molecule has 5 heteroatoms. The van der Waals surface area contributed by atoms with Crippen LogP contribution in [0.2, 0.25) is 0 Å². The molecular weight excluding hydrogens is 297 g/mol. The fourth-order valence-electron chi connectivity index (χ4n) is 1.23. The Morgan fingerprint density at radius 1 is 1.12 bits per heavy atom. The van der Waals surface area contributed by atoms with Crippen molar-refractivity contribution in [3.05, 3.63) is 42.0 Å². The Morgan fingerprint density at radius 3 is 2.29 bits per heavy atom. The molecule has 1 aromatic rings. The van der Waals surface area contributed by atoms with Crippen LogP contribution in [-0.4, -0.2) is 11.7 Å². The van der Waals surface area contributed by atoms with E-state index in [1.54, 1.807) is 12.1 Å². The van der Waals surface area contributed by atoms with Gasteiger partial charge in [-0.25, -0.2) is 0 Å². The summed E-state index contributed by atoms with van der Waals surface area (Å²) >= 11 is 3.30. The van der Waals surface area contributed by atoms with E-state index in [1.165, 1.54) is 12.1 Å². The van der Waals surface area contributed by atoms with Gasteiger partial charge in [0.15, 0.2) is 0 Å². The standard InChI is InChI=1S/C12H12BrF3O/c13-9-3-1-2-4-10-5-7-11(8-6-10)17-12(14,15)16/h1-2,5-8H,3-4,9H2. The summed E-state index contributed by atoms with van der Waals surface area (Å²) in [7, 11) is 0. The first kappa shape index (κ1) is 14.1. The fraction of sp³-hybridized carbons (Fsp3) is 0.333. The van der Waals surface area contributed by atoms with E-state index in [-0.39, 0.29) is 5.75 Å². The lowest BCUT2D eigenvalue weighted by atomic mass is 10.1. The first-order valence-corrected chi connectivity index (χ1v) is 6.19. The van der Waals surface area contributed by atoms with Crippen LogP contribution in [0.25, 0.3) is 0 Å². The van der Waals surface area contributed by atoms with E-state index < -0.39 is 6.36 Å². The van der Waals surface area contributed by atoms with Crippen molar-refractivity contribution >= 4 is 15.9 Å². The number of ether oxygens (including phenoxy) is 1. The van der Waals surface area contributed by atoms with E-state index >= 15 is 0 Å². The molecule has 0 unspecified atom stereocenters. The molecule has 0 atom stereocenters. The predicted octanol–water partition coefficient (Wildman–Crippen LogP) is 4.47. The normalized spacial score (nSPS) is 12.0. The van der Waals surface area contributed by atoms with Crippen molar-refractivity contribution in [1.82, 2.24) is 0 Å². The maximum atomic E-state index is 11.9. The van der Waals surface area contributed by atoms with Gasteiger partial charge in [0, 0.05) is 5.33 Å². The Kier molecular flexibility index (Phi) is 5.55. The van der Waals surface area contributed by atoms with Crippen molar-refractivity contribution in [2.45, 2.75) is 19.2 Å². The average Bonchev–Trinajstić information content (AvgIpc) is 2.25. The fourth-order valence-corrected chi connectivity index (χ4v) is 1.49. The molecule has 0 heterocycles. The maximum Gasteiger partial charge on any atom is 0.573 e. The monoisotopic (exact) mass is 308 g/mol. The summed E-state index contributed by atoms with van der Waals surface area (Å²) in [4.78, 5) is 0. The summed E-state index contributed by atoms with van der Waals surface area (Å²) in [6, 6.07) is 5.89. The lowest BCUT2D eigenvalue weighted by Crippen LogP contribution is -2.16. The molecule has 0 fully saturated rings. The molecule has 1 nitrogen and oxygen atoms in total. The third-order valence-corrected chi connectivity index (χ3v) is 2.41. The van der Waals surface area contributed by atoms with Gasteiger partial charge in [0.25, 0.3) is 0 Å². The summed E-state index contributed by atoms with van der Waals surface area (Å²) in [6.07, 6.45) is 1.03. The molecule has 0 spiro atoms. The number of hydrogen-bond acceptors (Lipinski definition) is 1. The number of halogens is 4. The minimum absolute atomic E-state index is 0.189. The second kappa shape index (κ2) is 6.69. The third kappa shape index (κ3) is 6.36. The van der Waals surface area contributed by atoms with Crippen molar-refractivity contribution in [3.8, 4) is 5.75 Å². The second-order valence-corrected chi connectivity index (χ2v) is 4.14. The highest BCUT2D eigenvalue weighted by molar-refractivity contribution is 9.09. The minimum Gasteiger partial charge on any atom is -0.406 e. The van der Waals surface area contributed by atoms with E-state index in [0.29, 0.717) is 6.42 Å². The molecule has 17 heavy (non-hydrogen) atoms. The van der Waals surface area contributed by atoms with Gasteiger partial charge in [-0.2, -0.15) is 0 Å². The second-order valence-electron chi connectivity index (χ2n) is 3.34. The molecule has 0 radical (unpaired) electrons. The van der Waals surface area contributed by atoms with Crippen LogP contribution in [0.3, 0.4) is 0 Å². The number of allylic oxidation sites excluding steroid dienone is 2. The summed E-state index contributed by atoms with van der Waals surface area (Å²) in [5.41, 5.74) is 0.949. The zero-order valence-corrected chi connectivity index (χ0v) is 10.6. The molecule has 1 rings (SSSR count). The first-order chi connectivity index (χ1) is 8.01. The van der Waals surface area contributed by atoms with Crippen LogP contribution in [0.15, 0.2) is 36.4 Å². The molecule has 0 saturated carbocycles. The minimum atomic E-state index is -4.63. The van der Waals surface area contributed by atoms with Gasteiger partial charge in [-0.15, -0.1) is 13.2 Å². The lowest BCUT2D eigenvalue weighted by molar-refractivity contribution is -0.274. The lowest BCUT2D eigenvalue weighted by Gasteiger charge is -2.08. The SMILES string of the molecule is FC(F)(F)Oc1ccc(CC=CCCBr)cc1.